The molecule has 0 aliphatic rings. The third kappa shape index (κ3) is 2.92. The molecular formula is C13H18N4O. The average Bonchev–Trinajstić information content (AvgIpc) is 2.63. The Kier molecular flexibility index (Phi) is 3.17. The topological polar surface area (TPSA) is 77.8 Å². The highest BCUT2D eigenvalue weighted by atomic mass is 16.5. The number of nitrogens with zero attached hydrogens (tertiary/aromatic N) is 3. The Bertz CT molecular complexity index is 554. The van der Waals surface area contributed by atoms with E-state index in [1.807, 2.05) is 33.8 Å². The van der Waals surface area contributed by atoms with Crippen LogP contribution in [0.15, 0.2) is 16.8 Å². The number of rotatable bonds is 3. The third-order valence-corrected chi connectivity index (χ3v) is 2.50. The molecule has 0 unspecified atom stereocenters. The molecule has 5 heteroatoms. The van der Waals surface area contributed by atoms with E-state index in [1.165, 1.54) is 0 Å². The van der Waals surface area contributed by atoms with Crippen molar-refractivity contribution in [3.63, 3.8) is 0 Å². The zero-order valence-corrected chi connectivity index (χ0v) is 11.2. The minimum absolute atomic E-state index is 0.362. The van der Waals surface area contributed by atoms with E-state index < -0.39 is 0 Å². The first-order valence-corrected chi connectivity index (χ1v) is 5.90. The highest BCUT2D eigenvalue weighted by molar-refractivity contribution is 5.53. The van der Waals surface area contributed by atoms with Gasteiger partial charge in [0.15, 0.2) is 0 Å². The lowest BCUT2D eigenvalue weighted by atomic mass is 10.0. The Hall–Kier alpha value is -1.75. The van der Waals surface area contributed by atoms with Gasteiger partial charge in [-0.3, -0.25) is 4.98 Å². The zero-order chi connectivity index (χ0) is 13.3. The van der Waals surface area contributed by atoms with Gasteiger partial charge in [0.05, 0.1) is 0 Å². The molecular weight excluding hydrogens is 228 g/mol. The normalized spacial score (nSPS) is 11.8. The van der Waals surface area contributed by atoms with Crippen molar-refractivity contribution in [3.8, 4) is 11.5 Å². The van der Waals surface area contributed by atoms with Gasteiger partial charge in [0, 0.05) is 18.2 Å². The fraction of sp³-hybridized carbons (Fsp3) is 0.462. The van der Waals surface area contributed by atoms with Crippen molar-refractivity contribution in [2.24, 2.45) is 5.73 Å². The van der Waals surface area contributed by atoms with Crippen molar-refractivity contribution in [1.82, 2.24) is 15.1 Å². The fourth-order valence-corrected chi connectivity index (χ4v) is 1.76. The van der Waals surface area contributed by atoms with Gasteiger partial charge in [0.1, 0.15) is 5.69 Å². The summed E-state index contributed by atoms with van der Waals surface area (Å²) in [5, 5.41) is 3.96. The molecule has 0 amide bonds. The summed E-state index contributed by atoms with van der Waals surface area (Å²) in [5.41, 5.74) is 8.47. The Balaban J connectivity index is 2.29. The summed E-state index contributed by atoms with van der Waals surface area (Å²) >= 11 is 0. The summed E-state index contributed by atoms with van der Waals surface area (Å²) in [6, 6.07) is 2.05. The van der Waals surface area contributed by atoms with Gasteiger partial charge in [0.25, 0.3) is 0 Å². The Morgan fingerprint density at radius 3 is 2.67 bits per heavy atom. The predicted molar refractivity (Wildman–Crippen MR) is 69.0 cm³/mol. The van der Waals surface area contributed by atoms with Crippen molar-refractivity contribution in [2.45, 2.75) is 39.7 Å². The van der Waals surface area contributed by atoms with Gasteiger partial charge in [-0.1, -0.05) is 11.2 Å². The molecule has 0 aromatic carbocycles. The summed E-state index contributed by atoms with van der Waals surface area (Å²) in [5.74, 6) is 1.06. The van der Waals surface area contributed by atoms with E-state index in [4.69, 9.17) is 10.3 Å². The summed E-state index contributed by atoms with van der Waals surface area (Å²) in [4.78, 5) is 8.68. The number of hydrogen-bond acceptors (Lipinski definition) is 5. The molecule has 2 heterocycles. The lowest BCUT2D eigenvalue weighted by Crippen LogP contribution is -2.34. The monoisotopic (exact) mass is 246 g/mol. The van der Waals surface area contributed by atoms with Crippen molar-refractivity contribution >= 4 is 0 Å². The first-order chi connectivity index (χ1) is 8.35. The molecule has 0 saturated carbocycles. The second kappa shape index (κ2) is 4.49. The van der Waals surface area contributed by atoms with Gasteiger partial charge in [-0.15, -0.1) is 0 Å². The molecule has 96 valence electrons. The van der Waals surface area contributed by atoms with Crippen LogP contribution in [0.1, 0.15) is 30.9 Å². The average molecular weight is 246 g/mol. The van der Waals surface area contributed by atoms with Crippen molar-refractivity contribution < 1.29 is 4.52 Å². The van der Waals surface area contributed by atoms with Gasteiger partial charge in [-0.05, 0) is 38.8 Å². The molecule has 2 rings (SSSR count). The fourth-order valence-electron chi connectivity index (χ4n) is 1.76. The summed E-state index contributed by atoms with van der Waals surface area (Å²) in [7, 11) is 0. The molecule has 18 heavy (non-hydrogen) atoms. The first kappa shape index (κ1) is 12.7. The molecule has 0 aliphatic carbocycles. The van der Waals surface area contributed by atoms with Gasteiger partial charge in [0.2, 0.25) is 11.7 Å². The number of nitrogens with two attached hydrogens (primary N) is 1. The molecule has 0 aliphatic heterocycles. The molecule has 5 nitrogen and oxygen atoms in total. The maximum Gasteiger partial charge on any atom is 0.228 e. The van der Waals surface area contributed by atoms with Crippen molar-refractivity contribution in [2.75, 3.05) is 0 Å². The zero-order valence-electron chi connectivity index (χ0n) is 11.2. The van der Waals surface area contributed by atoms with Crippen LogP contribution < -0.4 is 5.73 Å². The van der Waals surface area contributed by atoms with Crippen LogP contribution in [0.5, 0.6) is 0 Å². The minimum Gasteiger partial charge on any atom is -0.339 e. The van der Waals surface area contributed by atoms with Crippen molar-refractivity contribution in [3.05, 3.63) is 29.3 Å². The van der Waals surface area contributed by atoms with Gasteiger partial charge >= 0.3 is 0 Å². The van der Waals surface area contributed by atoms with Crippen LogP contribution in [0.25, 0.3) is 11.5 Å². The quantitative estimate of drug-likeness (QED) is 0.896. The van der Waals surface area contributed by atoms with Gasteiger partial charge < -0.3 is 10.3 Å². The molecule has 2 aromatic heterocycles. The van der Waals surface area contributed by atoms with Crippen LogP contribution in [0, 0.1) is 13.8 Å². The van der Waals surface area contributed by atoms with E-state index in [0.29, 0.717) is 18.1 Å². The highest BCUT2D eigenvalue weighted by Gasteiger charge is 2.18. The minimum atomic E-state index is -0.362. The maximum atomic E-state index is 5.92. The first-order valence-electron chi connectivity index (χ1n) is 5.90. The van der Waals surface area contributed by atoms with Gasteiger partial charge in [-0.25, -0.2) is 0 Å². The lowest BCUT2D eigenvalue weighted by molar-refractivity contribution is 0.348. The Morgan fingerprint density at radius 1 is 1.33 bits per heavy atom. The number of pyridine rings is 1. The molecule has 0 radical (unpaired) electrons. The molecule has 0 atom stereocenters. The molecule has 0 saturated heterocycles. The summed E-state index contributed by atoms with van der Waals surface area (Å²) < 4.78 is 5.20. The van der Waals surface area contributed by atoms with E-state index in [0.717, 1.165) is 16.8 Å². The SMILES string of the molecule is Cc1cnc(-c2noc(CC(C)(C)N)n2)c(C)c1. The number of hydrogen-bond donors (Lipinski definition) is 1. The number of aromatic nitrogens is 3. The molecule has 2 aromatic rings. The van der Waals surface area contributed by atoms with Gasteiger partial charge in [-0.2, -0.15) is 4.98 Å². The summed E-state index contributed by atoms with van der Waals surface area (Å²) in [6.07, 6.45) is 2.34. The van der Waals surface area contributed by atoms with Crippen LogP contribution in [0.3, 0.4) is 0 Å². The van der Waals surface area contributed by atoms with Crippen LogP contribution >= 0.6 is 0 Å². The standard InChI is InChI=1S/C13H18N4O/c1-8-5-9(2)11(15-7-8)12-16-10(18-17-12)6-13(3,4)14/h5,7H,6,14H2,1-4H3. The smallest absolute Gasteiger partial charge is 0.228 e. The Morgan fingerprint density at radius 2 is 2.06 bits per heavy atom. The maximum absolute atomic E-state index is 5.92. The molecule has 2 N–H and O–H groups in total. The van der Waals surface area contributed by atoms with Crippen molar-refractivity contribution in [1.29, 1.82) is 0 Å². The molecule has 0 bridgehead atoms. The van der Waals surface area contributed by atoms with E-state index in [-0.39, 0.29) is 5.54 Å². The second-order valence-electron chi connectivity index (χ2n) is 5.36. The third-order valence-electron chi connectivity index (χ3n) is 2.50. The van der Waals surface area contributed by atoms with E-state index in [2.05, 4.69) is 15.1 Å². The molecule has 0 spiro atoms. The van der Waals surface area contributed by atoms with E-state index in [9.17, 15) is 0 Å². The van der Waals surface area contributed by atoms with E-state index in [1.54, 1.807) is 6.20 Å². The van der Waals surface area contributed by atoms with E-state index >= 15 is 0 Å². The van der Waals surface area contributed by atoms with Crippen LogP contribution in [-0.4, -0.2) is 20.7 Å². The number of aryl methyl sites for hydroxylation is 2. The van der Waals surface area contributed by atoms with Crippen LogP contribution in [0.2, 0.25) is 0 Å². The summed E-state index contributed by atoms with van der Waals surface area (Å²) in [6.45, 7) is 7.83. The largest absolute Gasteiger partial charge is 0.339 e. The van der Waals surface area contributed by atoms with Crippen LogP contribution in [-0.2, 0) is 6.42 Å². The highest BCUT2D eigenvalue weighted by Crippen LogP contribution is 2.19. The Labute approximate surface area is 106 Å². The lowest BCUT2D eigenvalue weighted by Gasteiger charge is -2.14. The molecule has 0 fully saturated rings. The second-order valence-corrected chi connectivity index (χ2v) is 5.36. The predicted octanol–water partition coefficient (Wildman–Crippen LogP) is 2.03. The van der Waals surface area contributed by atoms with Crippen LogP contribution in [0.4, 0.5) is 0 Å².